The van der Waals surface area contributed by atoms with Gasteiger partial charge in [0.2, 0.25) is 0 Å². The zero-order valence-corrected chi connectivity index (χ0v) is 15.6. The number of sulfonamides is 1. The normalized spacial score (nSPS) is 15.6. The van der Waals surface area contributed by atoms with Crippen LogP contribution in [-0.2, 0) is 10.0 Å². The molecule has 1 aliphatic heterocycles. The minimum atomic E-state index is -4.05. The molecule has 2 aromatic carbocycles. The first-order valence-electron chi connectivity index (χ1n) is 8.63. The average Bonchev–Trinajstić information content (AvgIpc) is 2.65. The van der Waals surface area contributed by atoms with Crippen LogP contribution in [0.3, 0.4) is 0 Å². The number of benzene rings is 2. The standard InChI is InChI=1S/C19H20F2N2O3S/c1-13-7-9-23(10-8-13)19(24)14-3-2-4-16(11-14)27(25,26)22-15-5-6-17(20)18(21)12-15/h2-6,11-13,22H,7-10H2,1H3. The molecule has 1 aliphatic rings. The number of nitrogens with one attached hydrogen (secondary N) is 1. The first-order chi connectivity index (χ1) is 12.8. The van der Waals surface area contributed by atoms with Crippen molar-refractivity contribution in [3.8, 4) is 0 Å². The van der Waals surface area contributed by atoms with Gasteiger partial charge in [-0.2, -0.15) is 0 Å². The summed E-state index contributed by atoms with van der Waals surface area (Å²) >= 11 is 0. The summed E-state index contributed by atoms with van der Waals surface area (Å²) in [6, 6.07) is 8.41. The summed E-state index contributed by atoms with van der Waals surface area (Å²) in [4.78, 5) is 14.2. The summed E-state index contributed by atoms with van der Waals surface area (Å²) in [5.74, 6) is -1.87. The molecule has 8 heteroatoms. The Hall–Kier alpha value is -2.48. The van der Waals surface area contributed by atoms with Crippen molar-refractivity contribution in [2.45, 2.75) is 24.7 Å². The van der Waals surface area contributed by atoms with Crippen LogP contribution in [0.4, 0.5) is 14.5 Å². The lowest BCUT2D eigenvalue weighted by molar-refractivity contribution is 0.0697. The summed E-state index contributed by atoms with van der Waals surface area (Å²) in [5, 5.41) is 0. The number of nitrogens with zero attached hydrogens (tertiary/aromatic N) is 1. The SMILES string of the molecule is CC1CCN(C(=O)c2cccc(S(=O)(=O)Nc3ccc(F)c(F)c3)c2)CC1. The number of anilines is 1. The summed E-state index contributed by atoms with van der Waals surface area (Å²) in [6.07, 6.45) is 1.84. The van der Waals surface area contributed by atoms with E-state index in [-0.39, 0.29) is 22.1 Å². The van der Waals surface area contributed by atoms with Gasteiger partial charge >= 0.3 is 0 Å². The predicted molar refractivity (Wildman–Crippen MR) is 97.9 cm³/mol. The number of carbonyl (C=O) groups is 1. The van der Waals surface area contributed by atoms with E-state index in [1.54, 1.807) is 11.0 Å². The van der Waals surface area contributed by atoms with E-state index in [4.69, 9.17) is 0 Å². The van der Waals surface area contributed by atoms with E-state index in [0.717, 1.165) is 31.0 Å². The molecule has 0 unspecified atom stereocenters. The summed E-state index contributed by atoms with van der Waals surface area (Å²) in [7, 11) is -4.05. The highest BCUT2D eigenvalue weighted by Gasteiger charge is 2.23. The lowest BCUT2D eigenvalue weighted by Crippen LogP contribution is -2.37. The summed E-state index contributed by atoms with van der Waals surface area (Å²) in [6.45, 7) is 3.42. The van der Waals surface area contributed by atoms with E-state index < -0.39 is 21.7 Å². The molecule has 0 radical (unpaired) electrons. The van der Waals surface area contributed by atoms with Crippen LogP contribution in [0.1, 0.15) is 30.1 Å². The van der Waals surface area contributed by atoms with Crippen molar-refractivity contribution < 1.29 is 22.0 Å². The molecule has 1 amide bonds. The molecule has 1 N–H and O–H groups in total. The van der Waals surface area contributed by atoms with Crippen LogP contribution in [0.15, 0.2) is 47.4 Å². The molecule has 1 heterocycles. The molecular weight excluding hydrogens is 374 g/mol. The molecule has 0 bridgehead atoms. The fourth-order valence-electron chi connectivity index (χ4n) is 2.96. The topological polar surface area (TPSA) is 66.5 Å². The first-order valence-corrected chi connectivity index (χ1v) is 10.1. The second-order valence-corrected chi connectivity index (χ2v) is 8.42. The second-order valence-electron chi connectivity index (χ2n) is 6.74. The Morgan fingerprint density at radius 3 is 2.44 bits per heavy atom. The largest absolute Gasteiger partial charge is 0.339 e. The van der Waals surface area contributed by atoms with Crippen molar-refractivity contribution in [2.75, 3.05) is 17.8 Å². The maximum Gasteiger partial charge on any atom is 0.261 e. The van der Waals surface area contributed by atoms with Crippen LogP contribution in [0.5, 0.6) is 0 Å². The maximum absolute atomic E-state index is 13.3. The van der Waals surface area contributed by atoms with E-state index in [1.807, 2.05) is 0 Å². The predicted octanol–water partition coefficient (Wildman–Crippen LogP) is 3.64. The number of carbonyl (C=O) groups excluding carboxylic acids is 1. The third-order valence-electron chi connectivity index (χ3n) is 4.63. The molecule has 3 rings (SSSR count). The molecule has 27 heavy (non-hydrogen) atoms. The van der Waals surface area contributed by atoms with Crippen molar-refractivity contribution in [2.24, 2.45) is 5.92 Å². The Morgan fingerprint density at radius 2 is 1.78 bits per heavy atom. The van der Waals surface area contributed by atoms with Crippen molar-refractivity contribution in [3.05, 3.63) is 59.7 Å². The van der Waals surface area contributed by atoms with Crippen molar-refractivity contribution in [1.29, 1.82) is 0 Å². The van der Waals surface area contributed by atoms with Gasteiger partial charge in [-0.25, -0.2) is 17.2 Å². The molecule has 0 aliphatic carbocycles. The van der Waals surface area contributed by atoms with E-state index in [2.05, 4.69) is 11.6 Å². The van der Waals surface area contributed by atoms with Crippen molar-refractivity contribution >= 4 is 21.6 Å². The molecule has 5 nitrogen and oxygen atoms in total. The zero-order chi connectivity index (χ0) is 19.6. The molecule has 0 atom stereocenters. The van der Waals surface area contributed by atoms with Gasteiger partial charge in [0.05, 0.1) is 10.6 Å². The number of rotatable bonds is 4. The number of piperidine rings is 1. The van der Waals surface area contributed by atoms with Gasteiger partial charge in [-0.3, -0.25) is 9.52 Å². The molecule has 2 aromatic rings. The van der Waals surface area contributed by atoms with Gasteiger partial charge in [0, 0.05) is 24.7 Å². The number of likely N-dealkylation sites (tertiary alicyclic amines) is 1. The number of hydrogen-bond acceptors (Lipinski definition) is 3. The molecule has 1 saturated heterocycles. The monoisotopic (exact) mass is 394 g/mol. The highest BCUT2D eigenvalue weighted by molar-refractivity contribution is 7.92. The number of halogens is 2. The number of amides is 1. The average molecular weight is 394 g/mol. The third kappa shape index (κ3) is 4.44. The Balaban J connectivity index is 1.81. The Kier molecular flexibility index (Phi) is 5.46. The minimum absolute atomic E-state index is 0.101. The van der Waals surface area contributed by atoms with Crippen LogP contribution in [0.25, 0.3) is 0 Å². The lowest BCUT2D eigenvalue weighted by atomic mass is 9.98. The summed E-state index contributed by atoms with van der Waals surface area (Å²) < 4.78 is 53.6. The Bertz CT molecular complexity index is 955. The quantitative estimate of drug-likeness (QED) is 0.861. The first kappa shape index (κ1) is 19.3. The van der Waals surface area contributed by atoms with Gasteiger partial charge in [0.15, 0.2) is 11.6 Å². The van der Waals surface area contributed by atoms with E-state index in [9.17, 15) is 22.0 Å². The fraction of sp³-hybridized carbons (Fsp3) is 0.316. The highest BCUT2D eigenvalue weighted by Crippen LogP contribution is 2.22. The Labute approximate surface area is 157 Å². The van der Waals surface area contributed by atoms with Crippen LogP contribution in [0, 0.1) is 17.6 Å². The van der Waals surface area contributed by atoms with E-state index >= 15 is 0 Å². The van der Waals surface area contributed by atoms with Crippen LogP contribution >= 0.6 is 0 Å². The van der Waals surface area contributed by atoms with Gasteiger partial charge in [0.25, 0.3) is 15.9 Å². The summed E-state index contributed by atoms with van der Waals surface area (Å²) in [5.41, 5.74) is 0.174. The van der Waals surface area contributed by atoms with Gasteiger partial charge < -0.3 is 4.90 Å². The van der Waals surface area contributed by atoms with Gasteiger partial charge in [-0.05, 0) is 49.1 Å². The smallest absolute Gasteiger partial charge is 0.261 e. The van der Waals surface area contributed by atoms with Gasteiger partial charge in [-0.1, -0.05) is 13.0 Å². The maximum atomic E-state index is 13.3. The van der Waals surface area contributed by atoms with Crippen LogP contribution in [0.2, 0.25) is 0 Å². The zero-order valence-electron chi connectivity index (χ0n) is 14.8. The number of hydrogen-bond donors (Lipinski definition) is 1. The van der Waals surface area contributed by atoms with Gasteiger partial charge in [0.1, 0.15) is 0 Å². The Morgan fingerprint density at radius 1 is 1.07 bits per heavy atom. The molecular formula is C19H20F2N2O3S. The van der Waals surface area contributed by atoms with Crippen LogP contribution in [-0.4, -0.2) is 32.3 Å². The van der Waals surface area contributed by atoms with Crippen LogP contribution < -0.4 is 4.72 Å². The molecule has 0 saturated carbocycles. The molecule has 144 valence electrons. The lowest BCUT2D eigenvalue weighted by Gasteiger charge is -2.30. The van der Waals surface area contributed by atoms with E-state index in [0.29, 0.717) is 19.0 Å². The third-order valence-corrected chi connectivity index (χ3v) is 6.01. The van der Waals surface area contributed by atoms with Crippen molar-refractivity contribution in [3.63, 3.8) is 0 Å². The van der Waals surface area contributed by atoms with E-state index in [1.165, 1.54) is 18.2 Å². The fourth-order valence-corrected chi connectivity index (χ4v) is 4.06. The molecule has 0 aromatic heterocycles. The molecule has 0 spiro atoms. The molecule has 1 fully saturated rings. The highest BCUT2D eigenvalue weighted by atomic mass is 32.2. The van der Waals surface area contributed by atoms with Gasteiger partial charge in [-0.15, -0.1) is 0 Å². The second kappa shape index (κ2) is 7.64. The van der Waals surface area contributed by atoms with Crippen molar-refractivity contribution in [1.82, 2.24) is 4.90 Å². The minimum Gasteiger partial charge on any atom is -0.339 e.